The lowest BCUT2D eigenvalue weighted by Crippen LogP contribution is -2.19. The molecule has 0 spiro atoms. The van der Waals surface area contributed by atoms with Crippen LogP contribution in [0.1, 0.15) is 37.8 Å². The van der Waals surface area contributed by atoms with Crippen molar-refractivity contribution in [1.82, 2.24) is 0 Å². The van der Waals surface area contributed by atoms with Crippen LogP contribution in [0.4, 0.5) is 0 Å². The van der Waals surface area contributed by atoms with Crippen molar-refractivity contribution in [3.05, 3.63) is 35.4 Å². The zero-order valence-corrected chi connectivity index (χ0v) is 9.78. The van der Waals surface area contributed by atoms with Crippen LogP contribution in [0.5, 0.6) is 0 Å². The quantitative estimate of drug-likeness (QED) is 0.710. The third kappa shape index (κ3) is 3.39. The van der Waals surface area contributed by atoms with Crippen LogP contribution >= 0.6 is 0 Å². The lowest BCUT2D eigenvalue weighted by molar-refractivity contribution is -0.146. The number of carbonyl (C=O) groups is 1. The van der Waals surface area contributed by atoms with Gasteiger partial charge < -0.3 is 4.74 Å². The fourth-order valence-corrected chi connectivity index (χ4v) is 1.59. The molecule has 0 aromatic heterocycles. The molecule has 0 N–H and O–H groups in total. The standard InChI is InChI=1S/C13H18O2/c1-9-6-5-7-13(8-9)10(2)11(3)15-12(4)14/h5-8,10-11H,1-4H3/t10-,11-/m1/s1. The molecule has 0 amide bonds. The zero-order valence-electron chi connectivity index (χ0n) is 9.78. The second kappa shape index (κ2) is 4.96. The molecule has 1 rings (SSSR count). The van der Waals surface area contributed by atoms with Crippen molar-refractivity contribution < 1.29 is 9.53 Å². The van der Waals surface area contributed by atoms with Crippen molar-refractivity contribution >= 4 is 5.97 Å². The molecule has 82 valence electrons. The molecule has 2 nitrogen and oxygen atoms in total. The highest BCUT2D eigenvalue weighted by Crippen LogP contribution is 2.22. The van der Waals surface area contributed by atoms with Crippen molar-refractivity contribution in [2.45, 2.75) is 39.7 Å². The second-order valence-electron chi connectivity index (χ2n) is 4.02. The van der Waals surface area contributed by atoms with Gasteiger partial charge in [0.2, 0.25) is 0 Å². The third-order valence-corrected chi connectivity index (χ3v) is 2.62. The van der Waals surface area contributed by atoms with E-state index in [-0.39, 0.29) is 18.0 Å². The van der Waals surface area contributed by atoms with Gasteiger partial charge in [-0.15, -0.1) is 0 Å². The van der Waals surface area contributed by atoms with Gasteiger partial charge in [-0.25, -0.2) is 0 Å². The van der Waals surface area contributed by atoms with Crippen LogP contribution in [0.2, 0.25) is 0 Å². The Labute approximate surface area is 91.3 Å². The van der Waals surface area contributed by atoms with Gasteiger partial charge in [0, 0.05) is 12.8 Å². The molecule has 1 aromatic carbocycles. The van der Waals surface area contributed by atoms with E-state index in [0.29, 0.717) is 0 Å². The lowest BCUT2D eigenvalue weighted by Gasteiger charge is -2.20. The van der Waals surface area contributed by atoms with Crippen LogP contribution in [0.15, 0.2) is 24.3 Å². The number of aryl methyl sites for hydroxylation is 1. The highest BCUT2D eigenvalue weighted by atomic mass is 16.5. The van der Waals surface area contributed by atoms with Crippen LogP contribution in [0.3, 0.4) is 0 Å². The summed E-state index contributed by atoms with van der Waals surface area (Å²) < 4.78 is 5.17. The molecule has 0 fully saturated rings. The molecule has 0 aliphatic carbocycles. The topological polar surface area (TPSA) is 26.3 Å². The Balaban J connectivity index is 2.75. The highest BCUT2D eigenvalue weighted by molar-refractivity contribution is 5.66. The smallest absolute Gasteiger partial charge is 0.302 e. The number of hydrogen-bond acceptors (Lipinski definition) is 2. The molecule has 0 heterocycles. The van der Waals surface area contributed by atoms with E-state index in [0.717, 1.165) is 0 Å². The molecule has 0 radical (unpaired) electrons. The van der Waals surface area contributed by atoms with Crippen molar-refractivity contribution in [3.63, 3.8) is 0 Å². The maximum absolute atomic E-state index is 10.8. The van der Waals surface area contributed by atoms with E-state index in [2.05, 4.69) is 32.0 Å². The van der Waals surface area contributed by atoms with Crippen LogP contribution in [-0.4, -0.2) is 12.1 Å². The summed E-state index contributed by atoms with van der Waals surface area (Å²) in [5.74, 6) is 0.0100. The molecule has 15 heavy (non-hydrogen) atoms. The minimum atomic E-state index is -0.220. The summed E-state index contributed by atoms with van der Waals surface area (Å²) in [6.45, 7) is 7.50. The summed E-state index contributed by atoms with van der Waals surface area (Å²) >= 11 is 0. The van der Waals surface area contributed by atoms with E-state index >= 15 is 0 Å². The molecule has 0 bridgehead atoms. The van der Waals surface area contributed by atoms with Crippen molar-refractivity contribution in [2.75, 3.05) is 0 Å². The van der Waals surface area contributed by atoms with Crippen molar-refractivity contribution in [1.29, 1.82) is 0 Å². The van der Waals surface area contributed by atoms with Crippen LogP contribution in [-0.2, 0) is 9.53 Å². The van der Waals surface area contributed by atoms with Crippen LogP contribution in [0.25, 0.3) is 0 Å². The minimum absolute atomic E-state index is 0.0794. The van der Waals surface area contributed by atoms with Gasteiger partial charge in [-0.3, -0.25) is 4.79 Å². The van der Waals surface area contributed by atoms with Gasteiger partial charge in [-0.05, 0) is 19.4 Å². The average molecular weight is 206 g/mol. The van der Waals surface area contributed by atoms with Gasteiger partial charge in [0.05, 0.1) is 0 Å². The summed E-state index contributed by atoms with van der Waals surface area (Å²) in [6.07, 6.45) is -0.0794. The van der Waals surface area contributed by atoms with E-state index in [1.807, 2.05) is 13.0 Å². The fraction of sp³-hybridized carbons (Fsp3) is 0.462. The van der Waals surface area contributed by atoms with Crippen molar-refractivity contribution in [3.8, 4) is 0 Å². The molecular weight excluding hydrogens is 188 g/mol. The monoisotopic (exact) mass is 206 g/mol. The van der Waals surface area contributed by atoms with Gasteiger partial charge in [-0.2, -0.15) is 0 Å². The molecule has 0 unspecified atom stereocenters. The number of rotatable bonds is 3. The summed E-state index contributed by atoms with van der Waals surface area (Å²) in [6, 6.07) is 8.29. The van der Waals surface area contributed by atoms with E-state index in [1.165, 1.54) is 18.1 Å². The molecular formula is C13H18O2. The molecule has 2 heteroatoms. The Morgan fingerprint density at radius 3 is 2.53 bits per heavy atom. The maximum Gasteiger partial charge on any atom is 0.302 e. The van der Waals surface area contributed by atoms with Gasteiger partial charge >= 0.3 is 5.97 Å². The number of carbonyl (C=O) groups excluding carboxylic acids is 1. The lowest BCUT2D eigenvalue weighted by atomic mass is 9.95. The van der Waals surface area contributed by atoms with E-state index in [1.54, 1.807) is 0 Å². The highest BCUT2D eigenvalue weighted by Gasteiger charge is 2.16. The Bertz CT molecular complexity index is 344. The summed E-state index contributed by atoms with van der Waals surface area (Å²) in [7, 11) is 0. The van der Waals surface area contributed by atoms with Gasteiger partial charge in [-0.1, -0.05) is 36.8 Å². The Morgan fingerprint density at radius 1 is 1.33 bits per heavy atom. The van der Waals surface area contributed by atoms with Crippen molar-refractivity contribution in [2.24, 2.45) is 0 Å². The molecule has 0 saturated carbocycles. The summed E-state index contributed by atoms with van der Waals surface area (Å²) in [5, 5.41) is 0. The first-order valence-corrected chi connectivity index (χ1v) is 5.24. The van der Waals surface area contributed by atoms with Crippen LogP contribution in [0, 0.1) is 6.92 Å². The number of hydrogen-bond donors (Lipinski definition) is 0. The number of esters is 1. The Hall–Kier alpha value is -1.31. The van der Waals surface area contributed by atoms with Gasteiger partial charge in [0.25, 0.3) is 0 Å². The average Bonchev–Trinajstić information content (AvgIpc) is 2.15. The molecule has 1 aromatic rings. The molecule has 2 atom stereocenters. The number of benzene rings is 1. The van der Waals surface area contributed by atoms with E-state index < -0.39 is 0 Å². The normalized spacial score (nSPS) is 14.4. The Kier molecular flexibility index (Phi) is 3.89. The minimum Gasteiger partial charge on any atom is -0.462 e. The van der Waals surface area contributed by atoms with E-state index in [9.17, 15) is 4.79 Å². The first-order valence-electron chi connectivity index (χ1n) is 5.24. The summed E-state index contributed by atoms with van der Waals surface area (Å²) in [5.41, 5.74) is 2.44. The molecule has 0 saturated heterocycles. The van der Waals surface area contributed by atoms with Crippen LogP contribution < -0.4 is 0 Å². The predicted octanol–water partition coefficient (Wildman–Crippen LogP) is 3.05. The van der Waals surface area contributed by atoms with Gasteiger partial charge in [0.15, 0.2) is 0 Å². The number of ether oxygens (including phenoxy) is 1. The third-order valence-electron chi connectivity index (χ3n) is 2.62. The molecule has 0 aliphatic heterocycles. The Morgan fingerprint density at radius 2 is 2.00 bits per heavy atom. The first-order chi connectivity index (χ1) is 7.00. The van der Waals surface area contributed by atoms with E-state index in [4.69, 9.17) is 4.74 Å². The van der Waals surface area contributed by atoms with Gasteiger partial charge in [0.1, 0.15) is 6.10 Å². The second-order valence-corrected chi connectivity index (χ2v) is 4.02. The summed E-state index contributed by atoms with van der Waals surface area (Å²) in [4.78, 5) is 10.8. The fourth-order valence-electron chi connectivity index (χ4n) is 1.59. The largest absolute Gasteiger partial charge is 0.462 e. The zero-order chi connectivity index (χ0) is 11.4. The predicted molar refractivity (Wildman–Crippen MR) is 60.8 cm³/mol. The first kappa shape index (κ1) is 11.8. The maximum atomic E-state index is 10.8. The molecule has 0 aliphatic rings. The SMILES string of the molecule is CC(=O)O[C@H](C)[C@@H](C)c1cccc(C)c1.